The van der Waals surface area contributed by atoms with Crippen molar-refractivity contribution in [2.45, 2.75) is 51.6 Å². The normalized spacial score (nSPS) is 20.4. The maximum Gasteiger partial charge on any atom is 0.272 e. The summed E-state index contributed by atoms with van der Waals surface area (Å²) < 4.78 is 0. The van der Waals surface area contributed by atoms with Gasteiger partial charge < -0.3 is 11.1 Å². The summed E-state index contributed by atoms with van der Waals surface area (Å²) in [6.45, 7) is 2.02. The van der Waals surface area contributed by atoms with Crippen molar-refractivity contribution in [1.82, 2.24) is 5.32 Å². The van der Waals surface area contributed by atoms with Gasteiger partial charge in [0.2, 0.25) is 5.91 Å². The number of nitro benzene ring substituents is 1. The van der Waals surface area contributed by atoms with Gasteiger partial charge in [-0.2, -0.15) is 0 Å². The Morgan fingerprint density at radius 3 is 2.74 bits per heavy atom. The van der Waals surface area contributed by atoms with Crippen molar-refractivity contribution < 1.29 is 9.72 Å². The molecule has 1 aromatic carbocycles. The van der Waals surface area contributed by atoms with Crippen molar-refractivity contribution in [3.63, 3.8) is 0 Å². The lowest BCUT2D eigenvalue weighted by atomic mass is 9.83. The molecule has 0 aromatic heterocycles. The highest BCUT2D eigenvalue weighted by Crippen LogP contribution is 2.25. The van der Waals surface area contributed by atoms with Gasteiger partial charge in [0, 0.05) is 30.6 Å². The van der Waals surface area contributed by atoms with Gasteiger partial charge >= 0.3 is 0 Å². The smallest absolute Gasteiger partial charge is 0.272 e. The molecule has 1 fully saturated rings. The molecule has 7 heteroatoms. The van der Waals surface area contributed by atoms with E-state index in [9.17, 15) is 14.9 Å². The van der Waals surface area contributed by atoms with Gasteiger partial charge in [0.1, 0.15) is 0 Å². The molecule has 128 valence electrons. The second kappa shape index (κ2) is 8.84. The highest BCUT2D eigenvalue weighted by molar-refractivity contribution is 5.85. The number of rotatable bonds is 5. The van der Waals surface area contributed by atoms with Gasteiger partial charge in [-0.1, -0.05) is 25.0 Å². The van der Waals surface area contributed by atoms with E-state index in [0.717, 1.165) is 31.2 Å². The third kappa shape index (κ3) is 5.18. The van der Waals surface area contributed by atoms with E-state index in [1.54, 1.807) is 19.1 Å². The van der Waals surface area contributed by atoms with E-state index >= 15 is 0 Å². The second-order valence-electron chi connectivity index (χ2n) is 6.01. The highest BCUT2D eigenvalue weighted by Gasteiger charge is 2.24. The largest absolute Gasteiger partial charge is 0.352 e. The van der Waals surface area contributed by atoms with Gasteiger partial charge in [0.05, 0.1) is 4.92 Å². The molecule has 2 atom stereocenters. The van der Waals surface area contributed by atoms with Crippen LogP contribution in [0.3, 0.4) is 0 Å². The molecule has 2 rings (SSSR count). The fourth-order valence-corrected chi connectivity index (χ4v) is 3.05. The quantitative estimate of drug-likeness (QED) is 0.635. The molecule has 0 saturated heterocycles. The van der Waals surface area contributed by atoms with Crippen molar-refractivity contribution in [2.75, 3.05) is 0 Å². The Labute approximate surface area is 142 Å². The van der Waals surface area contributed by atoms with E-state index < -0.39 is 4.92 Å². The van der Waals surface area contributed by atoms with Crippen LogP contribution in [0.1, 0.15) is 43.2 Å². The van der Waals surface area contributed by atoms with Crippen molar-refractivity contribution in [2.24, 2.45) is 11.7 Å². The van der Waals surface area contributed by atoms with E-state index in [-0.39, 0.29) is 36.0 Å². The van der Waals surface area contributed by atoms with Crippen molar-refractivity contribution in [3.8, 4) is 0 Å². The number of nitrogens with one attached hydrogen (secondary N) is 1. The van der Waals surface area contributed by atoms with Crippen LogP contribution in [0.25, 0.3) is 0 Å². The second-order valence-corrected chi connectivity index (χ2v) is 6.01. The van der Waals surface area contributed by atoms with E-state index in [2.05, 4.69) is 5.32 Å². The number of amides is 1. The number of hydrogen-bond donors (Lipinski definition) is 2. The molecule has 0 spiro atoms. The molecule has 0 heterocycles. The highest BCUT2D eigenvalue weighted by atomic mass is 35.5. The van der Waals surface area contributed by atoms with E-state index in [1.165, 1.54) is 6.07 Å². The fraction of sp³-hybridized carbons (Fsp3) is 0.562. The Bertz CT molecular complexity index is 566. The van der Waals surface area contributed by atoms with Crippen LogP contribution in [-0.4, -0.2) is 16.9 Å². The lowest BCUT2D eigenvalue weighted by molar-refractivity contribution is -0.385. The summed E-state index contributed by atoms with van der Waals surface area (Å²) in [5.74, 6) is 0.216. The van der Waals surface area contributed by atoms with Crippen LogP contribution < -0.4 is 11.1 Å². The topological polar surface area (TPSA) is 98.3 Å². The zero-order valence-electron chi connectivity index (χ0n) is 13.3. The predicted octanol–water partition coefficient (Wildman–Crippen LogP) is 2.85. The van der Waals surface area contributed by atoms with Crippen molar-refractivity contribution in [1.29, 1.82) is 0 Å². The number of nitrogens with zero attached hydrogens (tertiary/aromatic N) is 1. The van der Waals surface area contributed by atoms with Gasteiger partial charge in [0.15, 0.2) is 0 Å². The van der Waals surface area contributed by atoms with Gasteiger partial charge in [-0.05, 0) is 31.2 Å². The minimum Gasteiger partial charge on any atom is -0.352 e. The summed E-state index contributed by atoms with van der Waals surface area (Å²) in [6, 6.07) is 5.03. The summed E-state index contributed by atoms with van der Waals surface area (Å²) in [5.41, 5.74) is 7.51. The summed E-state index contributed by atoms with van der Waals surface area (Å²) in [7, 11) is 0. The molecule has 3 N–H and O–H groups in total. The number of carbonyl (C=O) groups is 1. The molecular formula is C16H24ClN3O3. The molecule has 1 aromatic rings. The maximum atomic E-state index is 12.1. The molecule has 23 heavy (non-hydrogen) atoms. The number of nitro groups is 1. The first kappa shape index (κ1) is 19.4. The number of benzene rings is 1. The first-order chi connectivity index (χ1) is 10.5. The molecule has 1 amide bonds. The lowest BCUT2D eigenvalue weighted by Gasteiger charge is -2.28. The number of halogens is 1. The van der Waals surface area contributed by atoms with Crippen LogP contribution >= 0.6 is 12.4 Å². The summed E-state index contributed by atoms with van der Waals surface area (Å²) >= 11 is 0. The zero-order chi connectivity index (χ0) is 16.1. The number of nitrogens with two attached hydrogens (primary N) is 1. The maximum absolute atomic E-state index is 12.1. The monoisotopic (exact) mass is 341 g/mol. The average Bonchev–Trinajstić information content (AvgIpc) is 2.48. The zero-order valence-corrected chi connectivity index (χ0v) is 14.1. The van der Waals surface area contributed by atoms with Crippen LogP contribution in [-0.2, 0) is 11.3 Å². The van der Waals surface area contributed by atoms with Crippen LogP contribution in [0, 0.1) is 23.0 Å². The molecule has 1 aliphatic carbocycles. The van der Waals surface area contributed by atoms with Crippen LogP contribution in [0.15, 0.2) is 18.2 Å². The Morgan fingerprint density at radius 2 is 2.09 bits per heavy atom. The van der Waals surface area contributed by atoms with Gasteiger partial charge in [-0.25, -0.2) is 0 Å². The molecule has 0 aliphatic heterocycles. The van der Waals surface area contributed by atoms with Gasteiger partial charge in [-0.3, -0.25) is 14.9 Å². The van der Waals surface area contributed by atoms with Crippen LogP contribution in [0.5, 0.6) is 0 Å². The Kier molecular flexibility index (Phi) is 7.45. The Balaban J connectivity index is 0.00000264. The molecule has 1 aliphatic rings. The van der Waals surface area contributed by atoms with Crippen molar-refractivity contribution >= 4 is 24.0 Å². The minimum absolute atomic E-state index is 0. The van der Waals surface area contributed by atoms with E-state index in [4.69, 9.17) is 5.73 Å². The number of hydrogen-bond acceptors (Lipinski definition) is 4. The molecule has 2 unspecified atom stereocenters. The molecule has 0 bridgehead atoms. The Morgan fingerprint density at radius 1 is 1.39 bits per heavy atom. The average molecular weight is 342 g/mol. The third-order valence-electron chi connectivity index (χ3n) is 4.51. The minimum atomic E-state index is -0.401. The fourth-order valence-electron chi connectivity index (χ4n) is 3.05. The first-order valence-electron chi connectivity index (χ1n) is 7.74. The first-order valence-corrected chi connectivity index (χ1v) is 7.74. The number of carbonyl (C=O) groups excluding carboxylic acids is 1. The third-order valence-corrected chi connectivity index (χ3v) is 4.51. The summed E-state index contributed by atoms with van der Waals surface area (Å²) in [5, 5.41) is 13.8. The molecule has 1 saturated carbocycles. The molecule has 0 radical (unpaired) electrons. The summed E-state index contributed by atoms with van der Waals surface area (Å²) in [4.78, 5) is 22.6. The van der Waals surface area contributed by atoms with Gasteiger partial charge in [-0.15, -0.1) is 12.4 Å². The lowest BCUT2D eigenvalue weighted by Crippen LogP contribution is -2.37. The standard InChI is InChI=1S/C16H23N3O3.ClH/c1-11-13(6-4-8-15(11)19(21)22)10-18-16(20)9-12-5-2-3-7-14(12)17;/h4,6,8,12,14H,2-3,5,7,9-10,17H2,1H3,(H,18,20);1H. The van der Waals surface area contributed by atoms with Crippen molar-refractivity contribution in [3.05, 3.63) is 39.4 Å². The SMILES string of the molecule is Cc1c(CNC(=O)CC2CCCCC2N)cccc1[N+](=O)[O-].Cl. The van der Waals surface area contributed by atoms with Crippen LogP contribution in [0.2, 0.25) is 0 Å². The molecule has 6 nitrogen and oxygen atoms in total. The summed E-state index contributed by atoms with van der Waals surface area (Å²) in [6.07, 6.45) is 4.71. The van der Waals surface area contributed by atoms with E-state index in [1.807, 2.05) is 0 Å². The van der Waals surface area contributed by atoms with Gasteiger partial charge in [0.25, 0.3) is 5.69 Å². The van der Waals surface area contributed by atoms with E-state index in [0.29, 0.717) is 18.5 Å². The predicted molar refractivity (Wildman–Crippen MR) is 91.5 cm³/mol. The Hall–Kier alpha value is -1.66. The van der Waals surface area contributed by atoms with Crippen LogP contribution in [0.4, 0.5) is 5.69 Å². The molecular weight excluding hydrogens is 318 g/mol.